The number of fused-ring (bicyclic) bond motifs is 1. The Morgan fingerprint density at radius 3 is 2.60 bits per heavy atom. The summed E-state index contributed by atoms with van der Waals surface area (Å²) in [5.74, 6) is 0.0137. The molecule has 0 spiro atoms. The highest BCUT2D eigenvalue weighted by Crippen LogP contribution is 2.30. The summed E-state index contributed by atoms with van der Waals surface area (Å²) in [6.45, 7) is 3.64. The highest BCUT2D eigenvalue weighted by Gasteiger charge is 2.24. The number of nitrogens with one attached hydrogen (secondary N) is 1. The van der Waals surface area contributed by atoms with Gasteiger partial charge in [-0.3, -0.25) is 9.59 Å². The van der Waals surface area contributed by atoms with E-state index in [1.807, 2.05) is 37.3 Å². The fourth-order valence-electron chi connectivity index (χ4n) is 3.42. The van der Waals surface area contributed by atoms with Crippen molar-refractivity contribution >= 4 is 23.0 Å². The summed E-state index contributed by atoms with van der Waals surface area (Å²) in [5, 5.41) is 1.26. The van der Waals surface area contributed by atoms with Gasteiger partial charge in [-0.05, 0) is 48.6 Å². The van der Waals surface area contributed by atoms with E-state index in [2.05, 4.69) is 4.98 Å². The number of nitrogens with zero attached hydrogens (tertiary/aromatic N) is 1. The average Bonchev–Trinajstić information content (AvgIpc) is 2.75. The van der Waals surface area contributed by atoms with Crippen LogP contribution in [-0.4, -0.2) is 47.8 Å². The Morgan fingerprint density at radius 1 is 1.20 bits per heavy atom. The Labute approximate surface area is 174 Å². The van der Waals surface area contributed by atoms with Crippen LogP contribution in [-0.2, 0) is 9.59 Å². The lowest BCUT2D eigenvalue weighted by Gasteiger charge is -2.26. The van der Waals surface area contributed by atoms with Gasteiger partial charge in [-0.1, -0.05) is 24.3 Å². The van der Waals surface area contributed by atoms with Crippen LogP contribution in [0.3, 0.4) is 0 Å². The molecule has 0 fully saturated rings. The number of ether oxygens (including phenoxy) is 1. The van der Waals surface area contributed by atoms with Crippen molar-refractivity contribution in [3.8, 4) is 16.9 Å². The highest BCUT2D eigenvalue weighted by molar-refractivity contribution is 5.97. The van der Waals surface area contributed by atoms with Gasteiger partial charge in [0.1, 0.15) is 12.0 Å². The molecule has 0 saturated heterocycles. The maximum atomic E-state index is 12.5. The number of likely N-dealkylation sites (N-methyl/N-ethyl adjacent to an activating group) is 1. The minimum absolute atomic E-state index is 0.0332. The van der Waals surface area contributed by atoms with Crippen LogP contribution in [0.4, 0.5) is 0 Å². The van der Waals surface area contributed by atoms with E-state index in [1.54, 1.807) is 25.3 Å². The fourth-order valence-corrected chi connectivity index (χ4v) is 3.42. The molecule has 7 nitrogen and oxygen atoms in total. The number of hydrogen-bond donors (Lipinski definition) is 2. The van der Waals surface area contributed by atoms with Gasteiger partial charge in [-0.25, -0.2) is 0 Å². The maximum Gasteiger partial charge on any atom is 0.263 e. The summed E-state index contributed by atoms with van der Waals surface area (Å²) in [6, 6.07) is 12.4. The third-order valence-corrected chi connectivity index (χ3v) is 5.21. The summed E-state index contributed by atoms with van der Waals surface area (Å²) >= 11 is 0. The van der Waals surface area contributed by atoms with Gasteiger partial charge in [-0.2, -0.15) is 0 Å². The number of carbonyl (C=O) groups excluding carboxylic acids is 2. The Balaban J connectivity index is 1.93. The lowest BCUT2D eigenvalue weighted by atomic mass is 9.97. The largest absolute Gasteiger partial charge is 0.481 e. The lowest BCUT2D eigenvalue weighted by molar-refractivity contribution is -0.140. The van der Waals surface area contributed by atoms with Crippen molar-refractivity contribution in [1.82, 2.24) is 9.88 Å². The van der Waals surface area contributed by atoms with Crippen LogP contribution in [0.1, 0.15) is 12.5 Å². The monoisotopic (exact) mass is 407 g/mol. The van der Waals surface area contributed by atoms with Crippen LogP contribution in [0.2, 0.25) is 0 Å². The van der Waals surface area contributed by atoms with E-state index in [-0.39, 0.29) is 18.0 Å². The highest BCUT2D eigenvalue weighted by atomic mass is 16.5. The Bertz CT molecular complexity index is 1140. The van der Waals surface area contributed by atoms with Gasteiger partial charge in [-0.15, -0.1) is 0 Å². The molecular weight excluding hydrogens is 382 g/mol. The molecule has 1 heterocycles. The van der Waals surface area contributed by atoms with Gasteiger partial charge < -0.3 is 25.1 Å². The molecule has 0 radical (unpaired) electrons. The molecule has 2 atom stereocenters. The first kappa shape index (κ1) is 21.3. The maximum absolute atomic E-state index is 12.5. The smallest absolute Gasteiger partial charge is 0.263 e. The van der Waals surface area contributed by atoms with Crippen LogP contribution in [0.25, 0.3) is 21.9 Å². The number of aromatic nitrogens is 1. The summed E-state index contributed by atoms with van der Waals surface area (Å²) < 4.78 is 5.77. The predicted octanol–water partition coefficient (Wildman–Crippen LogP) is 2.26. The third kappa shape index (κ3) is 4.11. The van der Waals surface area contributed by atoms with Gasteiger partial charge in [0.15, 0.2) is 6.10 Å². The first-order valence-electron chi connectivity index (χ1n) is 9.67. The van der Waals surface area contributed by atoms with E-state index in [0.717, 1.165) is 22.1 Å². The molecule has 0 aliphatic rings. The fraction of sp³-hybridized carbons (Fsp3) is 0.261. The van der Waals surface area contributed by atoms with Gasteiger partial charge in [0.05, 0.1) is 11.4 Å². The molecule has 156 valence electrons. The van der Waals surface area contributed by atoms with Crippen molar-refractivity contribution in [1.29, 1.82) is 0 Å². The number of aryl methyl sites for hydroxylation is 1. The summed E-state index contributed by atoms with van der Waals surface area (Å²) in [4.78, 5) is 40.1. The normalized spacial score (nSPS) is 12.9. The molecule has 1 amide bonds. The van der Waals surface area contributed by atoms with Crippen LogP contribution < -0.4 is 16.0 Å². The zero-order valence-electron chi connectivity index (χ0n) is 17.2. The number of nitrogens with two attached hydrogens (primary N) is 1. The second-order valence-corrected chi connectivity index (χ2v) is 7.20. The Morgan fingerprint density at radius 2 is 1.93 bits per heavy atom. The molecule has 30 heavy (non-hydrogen) atoms. The Kier molecular flexibility index (Phi) is 6.32. The van der Waals surface area contributed by atoms with Crippen molar-refractivity contribution in [2.45, 2.75) is 26.0 Å². The van der Waals surface area contributed by atoms with Crippen LogP contribution >= 0.6 is 0 Å². The first-order valence-corrected chi connectivity index (χ1v) is 9.67. The van der Waals surface area contributed by atoms with E-state index in [1.165, 1.54) is 11.9 Å². The molecule has 0 bridgehead atoms. The van der Waals surface area contributed by atoms with Gasteiger partial charge in [0.2, 0.25) is 0 Å². The molecular formula is C23H25N3O4. The first-order chi connectivity index (χ1) is 14.4. The van der Waals surface area contributed by atoms with Crippen LogP contribution in [0.5, 0.6) is 5.75 Å². The number of pyridine rings is 1. The third-order valence-electron chi connectivity index (χ3n) is 5.21. The number of amides is 1. The quantitative estimate of drug-likeness (QED) is 0.585. The van der Waals surface area contributed by atoms with Crippen molar-refractivity contribution < 1.29 is 14.3 Å². The van der Waals surface area contributed by atoms with E-state index in [0.29, 0.717) is 17.4 Å². The number of aromatic amines is 1. The molecule has 2 aromatic carbocycles. The molecule has 1 aromatic heterocycles. The zero-order chi connectivity index (χ0) is 21.8. The van der Waals surface area contributed by atoms with E-state index in [9.17, 15) is 14.4 Å². The zero-order valence-corrected chi connectivity index (χ0v) is 17.2. The van der Waals surface area contributed by atoms with Gasteiger partial charge >= 0.3 is 0 Å². The molecule has 3 aromatic rings. The number of rotatable bonds is 7. The Hall–Kier alpha value is -3.45. The van der Waals surface area contributed by atoms with E-state index in [4.69, 9.17) is 10.5 Å². The number of carbonyl (C=O) groups is 2. The number of H-pyrrole nitrogens is 1. The standard InChI is InChI=1S/C23H25N3O4/c1-14-6-4-5-7-18(14)21-12-25-22(28)20-10-17(8-9-19(20)21)30-15(2)23(29)26(3)16(11-24)13-27/h4-10,12-13,15-16H,11,24H2,1-3H3,(H,25,28)/t15-,16-/m1/s1. The number of benzene rings is 2. The number of hydrogen-bond acceptors (Lipinski definition) is 5. The van der Waals surface area contributed by atoms with E-state index < -0.39 is 12.1 Å². The van der Waals surface area contributed by atoms with Crippen molar-refractivity contribution in [3.05, 3.63) is 64.6 Å². The molecule has 0 unspecified atom stereocenters. The molecule has 3 rings (SSSR count). The minimum atomic E-state index is -0.847. The van der Waals surface area contributed by atoms with Gasteiger partial charge in [0, 0.05) is 25.4 Å². The van der Waals surface area contributed by atoms with Gasteiger partial charge in [0.25, 0.3) is 11.5 Å². The summed E-state index contributed by atoms with van der Waals surface area (Å²) in [5.41, 5.74) is 8.31. The second-order valence-electron chi connectivity index (χ2n) is 7.20. The molecule has 0 aliphatic heterocycles. The van der Waals surface area contributed by atoms with E-state index >= 15 is 0 Å². The van der Waals surface area contributed by atoms with Crippen molar-refractivity contribution in [2.24, 2.45) is 5.73 Å². The summed E-state index contributed by atoms with van der Waals surface area (Å²) in [7, 11) is 1.51. The lowest BCUT2D eigenvalue weighted by Crippen LogP contribution is -2.47. The topological polar surface area (TPSA) is 105 Å². The van der Waals surface area contributed by atoms with Crippen molar-refractivity contribution in [3.63, 3.8) is 0 Å². The van der Waals surface area contributed by atoms with Crippen LogP contribution in [0.15, 0.2) is 53.5 Å². The SMILES string of the molecule is Cc1ccccc1-c1c[nH]c(=O)c2cc(O[C@H](C)C(=O)N(C)[C@@H](C=O)CN)ccc12. The molecule has 0 aliphatic carbocycles. The molecule has 0 saturated carbocycles. The average molecular weight is 407 g/mol. The van der Waals surface area contributed by atoms with Crippen LogP contribution in [0, 0.1) is 6.92 Å². The second kappa shape index (κ2) is 8.92. The minimum Gasteiger partial charge on any atom is -0.481 e. The summed E-state index contributed by atoms with van der Waals surface area (Å²) in [6.07, 6.45) is 1.49. The number of aldehydes is 1. The predicted molar refractivity (Wildman–Crippen MR) is 117 cm³/mol. The molecule has 7 heteroatoms. The molecule has 3 N–H and O–H groups in total. The van der Waals surface area contributed by atoms with Crippen molar-refractivity contribution in [2.75, 3.05) is 13.6 Å².